The van der Waals surface area contributed by atoms with Crippen LogP contribution in [-0.2, 0) is 6.42 Å². The van der Waals surface area contributed by atoms with Gasteiger partial charge in [0.15, 0.2) is 0 Å². The minimum atomic E-state index is -0.184. The lowest BCUT2D eigenvalue weighted by molar-refractivity contribution is 0.414. The third kappa shape index (κ3) is 3.52. The maximum atomic E-state index is 6.17. The largest absolute Gasteiger partial charge is 0.497 e. The number of aromatic nitrogens is 2. The van der Waals surface area contributed by atoms with Crippen LogP contribution in [0.15, 0.2) is 35.1 Å². The fraction of sp³-hybridized carbons (Fsp3) is 0.286. The first-order valence-electron chi connectivity index (χ1n) is 5.96. The molecule has 0 saturated heterocycles. The quantitative estimate of drug-likeness (QED) is 0.940. The second-order valence-electron chi connectivity index (χ2n) is 4.35. The molecule has 2 aromatic rings. The van der Waals surface area contributed by atoms with Crippen LogP contribution in [0.3, 0.4) is 0 Å². The number of rotatable bonds is 4. The summed E-state index contributed by atoms with van der Waals surface area (Å²) in [6, 6.07) is 5.66. The number of aryl methyl sites for hydroxylation is 1. The highest BCUT2D eigenvalue weighted by atomic mass is 79.9. The first-order chi connectivity index (χ1) is 9.10. The standard InChI is InChI=1S/C14H16BrN3O/c1-9-7-18-14(8-17-9)13(16)6-10-5-11(19-2)3-4-12(10)15/h3-5,7-8,13H,6,16H2,1-2H3. The van der Waals surface area contributed by atoms with E-state index in [1.54, 1.807) is 19.5 Å². The molecule has 0 aliphatic heterocycles. The van der Waals surface area contributed by atoms with Gasteiger partial charge in [-0.2, -0.15) is 0 Å². The third-order valence-corrected chi connectivity index (χ3v) is 3.65. The van der Waals surface area contributed by atoms with Crippen molar-refractivity contribution >= 4 is 15.9 Å². The number of hydrogen-bond donors (Lipinski definition) is 1. The maximum Gasteiger partial charge on any atom is 0.119 e. The first-order valence-corrected chi connectivity index (χ1v) is 6.76. The molecule has 0 fully saturated rings. The summed E-state index contributed by atoms with van der Waals surface area (Å²) in [6.45, 7) is 1.90. The highest BCUT2D eigenvalue weighted by Gasteiger charge is 2.12. The Labute approximate surface area is 121 Å². The zero-order chi connectivity index (χ0) is 13.8. The maximum absolute atomic E-state index is 6.17. The molecule has 1 atom stereocenters. The van der Waals surface area contributed by atoms with Gasteiger partial charge in [0.2, 0.25) is 0 Å². The summed E-state index contributed by atoms with van der Waals surface area (Å²) in [5.41, 5.74) is 8.94. The molecule has 100 valence electrons. The van der Waals surface area contributed by atoms with Gasteiger partial charge >= 0.3 is 0 Å². The van der Waals surface area contributed by atoms with E-state index in [4.69, 9.17) is 10.5 Å². The lowest BCUT2D eigenvalue weighted by atomic mass is 10.0. The van der Waals surface area contributed by atoms with Crippen LogP contribution in [0.1, 0.15) is 23.0 Å². The molecule has 0 aliphatic rings. The van der Waals surface area contributed by atoms with Gasteiger partial charge < -0.3 is 10.5 Å². The number of benzene rings is 1. The van der Waals surface area contributed by atoms with Crippen molar-refractivity contribution in [1.82, 2.24) is 9.97 Å². The second-order valence-corrected chi connectivity index (χ2v) is 5.20. The van der Waals surface area contributed by atoms with Gasteiger partial charge in [0, 0.05) is 10.7 Å². The van der Waals surface area contributed by atoms with Gasteiger partial charge in [-0.05, 0) is 37.1 Å². The number of methoxy groups -OCH3 is 1. The van der Waals surface area contributed by atoms with Gasteiger partial charge in [-0.3, -0.25) is 9.97 Å². The van der Waals surface area contributed by atoms with E-state index in [1.165, 1.54) is 0 Å². The highest BCUT2D eigenvalue weighted by Crippen LogP contribution is 2.25. The second kappa shape index (κ2) is 6.12. The molecule has 2 N–H and O–H groups in total. The zero-order valence-corrected chi connectivity index (χ0v) is 12.5. The summed E-state index contributed by atoms with van der Waals surface area (Å²) < 4.78 is 6.24. The Bertz CT molecular complexity index is 557. The Hall–Kier alpha value is -1.46. The van der Waals surface area contributed by atoms with Crippen LogP contribution in [0.4, 0.5) is 0 Å². The van der Waals surface area contributed by atoms with E-state index in [0.717, 1.165) is 27.2 Å². The lowest BCUT2D eigenvalue weighted by Gasteiger charge is -2.13. The molecule has 1 aromatic carbocycles. The molecule has 4 nitrogen and oxygen atoms in total. The van der Waals surface area contributed by atoms with E-state index in [-0.39, 0.29) is 6.04 Å². The molecule has 0 amide bonds. The number of halogens is 1. The van der Waals surface area contributed by atoms with Gasteiger partial charge in [0.25, 0.3) is 0 Å². The molecule has 1 aromatic heterocycles. The minimum Gasteiger partial charge on any atom is -0.497 e. The number of hydrogen-bond acceptors (Lipinski definition) is 4. The molecule has 0 bridgehead atoms. The average Bonchev–Trinajstić information content (AvgIpc) is 2.42. The molecule has 0 saturated carbocycles. The van der Waals surface area contributed by atoms with Crippen LogP contribution in [0.2, 0.25) is 0 Å². The van der Waals surface area contributed by atoms with Crippen molar-refractivity contribution in [3.63, 3.8) is 0 Å². The Balaban J connectivity index is 2.18. The average molecular weight is 322 g/mol. The molecule has 5 heteroatoms. The van der Waals surface area contributed by atoms with Crippen LogP contribution in [0, 0.1) is 6.92 Å². The first kappa shape index (κ1) is 14.0. The molecule has 19 heavy (non-hydrogen) atoms. The smallest absolute Gasteiger partial charge is 0.119 e. The van der Waals surface area contributed by atoms with E-state index in [0.29, 0.717) is 6.42 Å². The number of ether oxygens (including phenoxy) is 1. The number of nitrogens with two attached hydrogens (primary N) is 1. The van der Waals surface area contributed by atoms with E-state index in [1.807, 2.05) is 25.1 Å². The van der Waals surface area contributed by atoms with Crippen LogP contribution in [0.25, 0.3) is 0 Å². The van der Waals surface area contributed by atoms with Crippen LogP contribution in [-0.4, -0.2) is 17.1 Å². The molecule has 2 rings (SSSR count). The molecule has 0 spiro atoms. The van der Waals surface area contributed by atoms with Gasteiger partial charge in [-0.1, -0.05) is 15.9 Å². The van der Waals surface area contributed by atoms with Crippen molar-refractivity contribution in [3.05, 3.63) is 52.0 Å². The molecular formula is C14H16BrN3O. The van der Waals surface area contributed by atoms with E-state index >= 15 is 0 Å². The van der Waals surface area contributed by atoms with Crippen molar-refractivity contribution in [1.29, 1.82) is 0 Å². The summed E-state index contributed by atoms with van der Waals surface area (Å²) in [5.74, 6) is 0.820. The number of nitrogens with zero attached hydrogens (tertiary/aromatic N) is 2. The van der Waals surface area contributed by atoms with Crippen LogP contribution < -0.4 is 10.5 Å². The van der Waals surface area contributed by atoms with E-state index in [9.17, 15) is 0 Å². The summed E-state index contributed by atoms with van der Waals surface area (Å²) in [5, 5.41) is 0. The fourth-order valence-corrected chi connectivity index (χ4v) is 2.18. The van der Waals surface area contributed by atoms with Crippen LogP contribution in [0.5, 0.6) is 5.75 Å². The van der Waals surface area contributed by atoms with Gasteiger partial charge in [0.05, 0.1) is 30.7 Å². The summed E-state index contributed by atoms with van der Waals surface area (Å²) >= 11 is 3.53. The lowest BCUT2D eigenvalue weighted by Crippen LogP contribution is -2.15. The minimum absolute atomic E-state index is 0.184. The summed E-state index contributed by atoms with van der Waals surface area (Å²) in [4.78, 5) is 8.53. The zero-order valence-electron chi connectivity index (χ0n) is 10.9. The Kier molecular flexibility index (Phi) is 4.50. The predicted octanol–water partition coefficient (Wildman–Crippen LogP) is 2.80. The molecule has 0 aliphatic carbocycles. The third-order valence-electron chi connectivity index (χ3n) is 2.87. The Morgan fingerprint density at radius 3 is 2.74 bits per heavy atom. The van der Waals surface area contributed by atoms with Crippen molar-refractivity contribution in [2.24, 2.45) is 5.73 Å². The fourth-order valence-electron chi connectivity index (χ4n) is 1.77. The Morgan fingerprint density at radius 2 is 2.11 bits per heavy atom. The summed E-state index contributed by atoms with van der Waals surface area (Å²) in [7, 11) is 1.65. The van der Waals surface area contributed by atoms with E-state index < -0.39 is 0 Å². The SMILES string of the molecule is COc1ccc(Br)c(CC(N)c2cnc(C)cn2)c1. The highest BCUT2D eigenvalue weighted by molar-refractivity contribution is 9.10. The predicted molar refractivity (Wildman–Crippen MR) is 78.1 cm³/mol. The summed E-state index contributed by atoms with van der Waals surface area (Å²) in [6.07, 6.45) is 4.14. The van der Waals surface area contributed by atoms with Crippen LogP contribution >= 0.6 is 15.9 Å². The molecule has 0 radical (unpaired) electrons. The topological polar surface area (TPSA) is 61.0 Å². The van der Waals surface area contributed by atoms with Crippen molar-refractivity contribution < 1.29 is 4.74 Å². The van der Waals surface area contributed by atoms with Crippen molar-refractivity contribution in [2.75, 3.05) is 7.11 Å². The van der Waals surface area contributed by atoms with Crippen molar-refractivity contribution in [2.45, 2.75) is 19.4 Å². The van der Waals surface area contributed by atoms with Crippen molar-refractivity contribution in [3.8, 4) is 5.75 Å². The monoisotopic (exact) mass is 321 g/mol. The molecule has 1 heterocycles. The normalized spacial score (nSPS) is 12.2. The molecule has 1 unspecified atom stereocenters. The van der Waals surface area contributed by atoms with E-state index in [2.05, 4.69) is 25.9 Å². The Morgan fingerprint density at radius 1 is 1.32 bits per heavy atom. The molecular weight excluding hydrogens is 306 g/mol. The van der Waals surface area contributed by atoms with Gasteiger partial charge in [0.1, 0.15) is 5.75 Å². The van der Waals surface area contributed by atoms with Gasteiger partial charge in [-0.25, -0.2) is 0 Å². The van der Waals surface area contributed by atoms with Gasteiger partial charge in [-0.15, -0.1) is 0 Å².